The molecule has 10 rings (SSSR count). The molecule has 0 aromatic heterocycles. The van der Waals surface area contributed by atoms with Crippen molar-refractivity contribution in [2.24, 2.45) is 0 Å². The van der Waals surface area contributed by atoms with Gasteiger partial charge in [0.1, 0.15) is 0 Å². The van der Waals surface area contributed by atoms with Gasteiger partial charge in [0.25, 0.3) is 5.91 Å². The van der Waals surface area contributed by atoms with Crippen LogP contribution in [0.1, 0.15) is 56.7 Å². The molecule has 6 aromatic carbocycles. The number of allylic oxidation sites excluding steroid dienone is 6. The van der Waals surface area contributed by atoms with Gasteiger partial charge in [-0.1, -0.05) is 157 Å². The Balaban J connectivity index is 0.976. The van der Waals surface area contributed by atoms with E-state index in [4.69, 9.17) is 23.2 Å². The summed E-state index contributed by atoms with van der Waals surface area (Å²) in [6.45, 7) is 9.08. The van der Waals surface area contributed by atoms with Gasteiger partial charge in [0.15, 0.2) is 5.71 Å². The highest BCUT2D eigenvalue weighted by Crippen LogP contribution is 2.54. The van der Waals surface area contributed by atoms with Gasteiger partial charge in [-0.2, -0.15) is 4.58 Å². The number of halogens is 2. The topological polar surface area (TPSA) is 43.6 Å². The van der Waals surface area contributed by atoms with Crippen LogP contribution < -0.4 is 9.80 Å². The third-order valence-electron chi connectivity index (χ3n) is 12.8. The van der Waals surface area contributed by atoms with Crippen LogP contribution in [-0.2, 0) is 20.4 Å². The summed E-state index contributed by atoms with van der Waals surface area (Å²) < 4.78 is 2.16. The molecule has 0 bridgehead atoms. The normalized spacial score (nSPS) is 18.3. The van der Waals surface area contributed by atoms with E-state index in [0.717, 1.165) is 53.7 Å². The summed E-state index contributed by atoms with van der Waals surface area (Å²) >= 11 is 16.4. The lowest BCUT2D eigenvalue weighted by Crippen LogP contribution is -2.36. The lowest BCUT2D eigenvalue weighted by Gasteiger charge is -2.32. The Kier molecular flexibility index (Phi) is 10.7. The molecule has 0 saturated carbocycles. The van der Waals surface area contributed by atoms with Gasteiger partial charge in [0, 0.05) is 65.1 Å². The molecule has 3 aliphatic heterocycles. The molecule has 0 N–H and O–H groups in total. The first kappa shape index (κ1) is 41.4. The Morgan fingerprint density at radius 3 is 1.79 bits per heavy atom. The van der Waals surface area contributed by atoms with Crippen LogP contribution in [0.2, 0.25) is 10.0 Å². The second-order valence-electron chi connectivity index (χ2n) is 17.3. The quantitative estimate of drug-likeness (QED) is 0.118. The number of hydrogen-bond acceptors (Lipinski definition) is 4. The number of amides is 2. The Morgan fingerprint density at radius 1 is 0.603 bits per heavy atom. The molecule has 0 spiro atoms. The number of anilines is 4. The van der Waals surface area contributed by atoms with Crippen molar-refractivity contribution >= 4 is 92.7 Å². The summed E-state index contributed by atoms with van der Waals surface area (Å²) in [6, 6.07) is 44.5. The summed E-state index contributed by atoms with van der Waals surface area (Å²) in [4.78, 5) is 37.2. The highest BCUT2D eigenvalue weighted by atomic mass is 35.5. The number of hydrogen-bond donors (Lipinski definition) is 0. The molecular weight excluding hydrogens is 858 g/mol. The number of carbonyl (C=O) groups is 2. The van der Waals surface area contributed by atoms with Gasteiger partial charge in [0.2, 0.25) is 18.1 Å². The Labute approximate surface area is 387 Å². The SMILES string of the molecule is CC1(C)C(=CC=CC=CC2=[N+](CC(=O)N3c4ccccc4Sc4ccc(Cl)cc43)c3ccccc3C2(C)C)C(CC(=O)N2c3ccccc3Sc3ccc(Cl)cc32)c2ccccc21. The van der Waals surface area contributed by atoms with Crippen LogP contribution in [0.4, 0.5) is 28.4 Å². The van der Waals surface area contributed by atoms with Crippen LogP contribution in [0, 0.1) is 0 Å². The smallest absolute Gasteiger partial charge is 0.279 e. The molecule has 63 heavy (non-hydrogen) atoms. The lowest BCUT2D eigenvalue weighted by molar-refractivity contribution is -0.424. The second-order valence-corrected chi connectivity index (χ2v) is 20.3. The van der Waals surface area contributed by atoms with E-state index in [1.54, 1.807) is 23.5 Å². The molecule has 0 radical (unpaired) electrons. The number of rotatable bonds is 7. The summed E-state index contributed by atoms with van der Waals surface area (Å²) in [7, 11) is 0. The molecule has 312 valence electrons. The minimum Gasteiger partial charge on any atom is -0.279 e. The summed E-state index contributed by atoms with van der Waals surface area (Å²) in [5.41, 5.74) is 9.47. The van der Waals surface area contributed by atoms with Gasteiger partial charge in [-0.05, 0) is 85.6 Å². The third kappa shape index (κ3) is 7.20. The van der Waals surface area contributed by atoms with E-state index in [-0.39, 0.29) is 35.1 Å². The first-order chi connectivity index (χ1) is 30.4. The van der Waals surface area contributed by atoms with E-state index in [1.807, 2.05) is 88.7 Å². The van der Waals surface area contributed by atoms with E-state index >= 15 is 0 Å². The molecule has 3 heterocycles. The number of para-hydroxylation sites is 3. The van der Waals surface area contributed by atoms with Crippen LogP contribution in [-0.4, -0.2) is 28.6 Å². The monoisotopic (exact) mass is 900 g/mol. The van der Waals surface area contributed by atoms with Crippen molar-refractivity contribution < 1.29 is 14.2 Å². The highest BCUT2D eigenvalue weighted by Gasteiger charge is 2.46. The van der Waals surface area contributed by atoms with Crippen molar-refractivity contribution in [2.75, 3.05) is 16.3 Å². The zero-order valence-corrected chi connectivity index (χ0v) is 38.5. The largest absolute Gasteiger partial charge is 0.297 e. The Morgan fingerprint density at radius 2 is 1.14 bits per heavy atom. The van der Waals surface area contributed by atoms with E-state index in [9.17, 15) is 9.59 Å². The van der Waals surface area contributed by atoms with Crippen molar-refractivity contribution in [2.45, 2.75) is 70.4 Å². The maximum absolute atomic E-state index is 14.8. The molecule has 9 heteroatoms. The fourth-order valence-corrected chi connectivity index (χ4v) is 12.2. The minimum atomic E-state index is -0.370. The van der Waals surface area contributed by atoms with Crippen LogP contribution in [0.15, 0.2) is 189 Å². The van der Waals surface area contributed by atoms with Gasteiger partial charge in [-0.15, -0.1) is 0 Å². The van der Waals surface area contributed by atoms with E-state index in [2.05, 4.69) is 117 Å². The molecule has 1 atom stereocenters. The van der Waals surface area contributed by atoms with E-state index < -0.39 is 0 Å². The second kappa shape index (κ2) is 16.2. The average Bonchev–Trinajstić information content (AvgIpc) is 3.62. The third-order valence-corrected chi connectivity index (χ3v) is 15.5. The Hall–Kier alpha value is -5.57. The zero-order chi connectivity index (χ0) is 43.6. The van der Waals surface area contributed by atoms with Gasteiger partial charge in [-0.3, -0.25) is 19.4 Å². The predicted octanol–water partition coefficient (Wildman–Crippen LogP) is 14.5. The first-order valence-corrected chi connectivity index (χ1v) is 23.5. The maximum atomic E-state index is 14.8. The van der Waals surface area contributed by atoms with Crippen molar-refractivity contribution in [3.05, 3.63) is 196 Å². The van der Waals surface area contributed by atoms with E-state index in [0.29, 0.717) is 16.5 Å². The molecule has 2 amide bonds. The van der Waals surface area contributed by atoms with Crippen LogP contribution >= 0.6 is 46.7 Å². The molecule has 1 unspecified atom stereocenters. The van der Waals surface area contributed by atoms with Crippen molar-refractivity contribution in [1.82, 2.24) is 0 Å². The minimum absolute atomic E-state index is 0.0194. The lowest BCUT2D eigenvalue weighted by atomic mass is 9.80. The average molecular weight is 902 g/mol. The van der Waals surface area contributed by atoms with Crippen LogP contribution in [0.5, 0.6) is 0 Å². The maximum Gasteiger partial charge on any atom is 0.297 e. The molecule has 0 fully saturated rings. The number of fused-ring (bicyclic) bond motifs is 6. The number of nitrogens with zero attached hydrogens (tertiary/aromatic N) is 3. The summed E-state index contributed by atoms with van der Waals surface area (Å²) in [6.07, 6.45) is 10.8. The first-order valence-electron chi connectivity index (χ1n) is 21.1. The molecular formula is C54H44Cl2N3O2S2+. The molecule has 0 saturated heterocycles. The van der Waals surface area contributed by atoms with Crippen molar-refractivity contribution in [3.8, 4) is 0 Å². The van der Waals surface area contributed by atoms with Gasteiger partial charge >= 0.3 is 0 Å². The van der Waals surface area contributed by atoms with Crippen LogP contribution in [0.25, 0.3) is 0 Å². The van der Waals surface area contributed by atoms with E-state index in [1.165, 1.54) is 22.3 Å². The fraction of sp³-hybridized carbons (Fsp3) is 0.167. The van der Waals surface area contributed by atoms with Crippen LogP contribution in [0.3, 0.4) is 0 Å². The highest BCUT2D eigenvalue weighted by molar-refractivity contribution is 8.00. The molecule has 6 aromatic rings. The van der Waals surface area contributed by atoms with Gasteiger partial charge in [-0.25, -0.2) is 0 Å². The number of benzene rings is 6. The van der Waals surface area contributed by atoms with Gasteiger partial charge in [0.05, 0.1) is 28.2 Å². The number of carbonyl (C=O) groups excluding carboxylic acids is 2. The van der Waals surface area contributed by atoms with Crippen molar-refractivity contribution in [3.63, 3.8) is 0 Å². The predicted molar refractivity (Wildman–Crippen MR) is 261 cm³/mol. The molecule has 4 aliphatic rings. The van der Waals surface area contributed by atoms with Crippen molar-refractivity contribution in [1.29, 1.82) is 0 Å². The molecule has 1 aliphatic carbocycles. The summed E-state index contributed by atoms with van der Waals surface area (Å²) in [5.74, 6) is -0.155. The summed E-state index contributed by atoms with van der Waals surface area (Å²) in [5, 5.41) is 1.18. The standard InChI is InChI=1S/C54H44Cl2N3O2S2/c1-53(2)38-18-9-8-16-36(38)37(32-51(60)58-42-21-12-14-23-46(42)62-48-28-26-34(55)30-44(48)58)39(53)17-6-5-7-25-50-54(3,4)40-19-10-11-20-41(40)57(50)33-52(61)59-43-22-13-15-24-47(43)63-49-29-27-35(56)31-45(49)59/h5-31,37H,32-33H2,1-4H3/q+1. The molecule has 5 nitrogen and oxygen atoms in total. The fourth-order valence-electron chi connectivity index (χ4n) is 9.82. The zero-order valence-electron chi connectivity index (χ0n) is 35.3. The Bertz CT molecular complexity index is 3020. The van der Waals surface area contributed by atoms with Gasteiger partial charge < -0.3 is 0 Å².